The number of nitrogens with one attached hydrogen (secondary N) is 2. The van der Waals surface area contributed by atoms with Crippen molar-refractivity contribution in [2.45, 2.75) is 6.54 Å². The Morgan fingerprint density at radius 3 is 2.48 bits per heavy atom. The number of aromatic nitrogens is 2. The predicted molar refractivity (Wildman–Crippen MR) is 83.7 cm³/mol. The Balaban J connectivity index is 1.96. The van der Waals surface area contributed by atoms with Crippen LogP contribution in [-0.4, -0.2) is 27.5 Å². The molecule has 8 nitrogen and oxygen atoms in total. The highest BCUT2D eigenvalue weighted by molar-refractivity contribution is 6.39. The average Bonchev–Trinajstić information content (AvgIpc) is 2.87. The molecule has 1 aromatic carbocycles. The number of nitrogens with zero attached hydrogens (tertiary/aromatic N) is 2. The van der Waals surface area contributed by atoms with Crippen LogP contribution in [0, 0.1) is 0 Å². The Labute approximate surface area is 136 Å². The third-order valence-corrected chi connectivity index (χ3v) is 3.24. The van der Waals surface area contributed by atoms with Crippen molar-refractivity contribution in [1.82, 2.24) is 15.1 Å². The van der Waals surface area contributed by atoms with E-state index in [4.69, 9.17) is 17.3 Å². The van der Waals surface area contributed by atoms with E-state index in [-0.39, 0.29) is 17.9 Å². The van der Waals surface area contributed by atoms with Gasteiger partial charge in [0.25, 0.3) is 5.91 Å². The first kappa shape index (κ1) is 16.5. The first-order valence-corrected chi connectivity index (χ1v) is 6.91. The Hall–Kier alpha value is -2.87. The lowest BCUT2D eigenvalue weighted by atomic mass is 10.2. The summed E-state index contributed by atoms with van der Waals surface area (Å²) in [5.41, 5.74) is 6.06. The van der Waals surface area contributed by atoms with Gasteiger partial charge in [-0.25, -0.2) is 0 Å². The van der Waals surface area contributed by atoms with Crippen molar-refractivity contribution < 1.29 is 14.4 Å². The monoisotopic (exact) mass is 335 g/mol. The van der Waals surface area contributed by atoms with Gasteiger partial charge in [0.05, 0.1) is 11.9 Å². The molecule has 23 heavy (non-hydrogen) atoms. The minimum Gasteiger partial charge on any atom is -0.364 e. The van der Waals surface area contributed by atoms with Gasteiger partial charge in [0.2, 0.25) is 0 Å². The number of amides is 3. The molecule has 0 unspecified atom stereocenters. The molecule has 3 amide bonds. The average molecular weight is 336 g/mol. The van der Waals surface area contributed by atoms with E-state index in [1.165, 1.54) is 17.9 Å². The van der Waals surface area contributed by atoms with E-state index in [1.807, 2.05) is 0 Å². The normalized spacial score (nSPS) is 10.2. The van der Waals surface area contributed by atoms with E-state index in [9.17, 15) is 14.4 Å². The summed E-state index contributed by atoms with van der Waals surface area (Å²) in [6.45, 7) is 0.166. The number of hydrogen-bond donors (Lipinski definition) is 3. The van der Waals surface area contributed by atoms with Gasteiger partial charge >= 0.3 is 11.8 Å². The van der Waals surface area contributed by atoms with Gasteiger partial charge in [0.1, 0.15) is 5.69 Å². The zero-order valence-electron chi connectivity index (χ0n) is 12.2. The SMILES string of the molecule is Cn1ncc(NC(=O)C(=O)NCc2ccc(Cl)cc2)c1C(N)=O. The van der Waals surface area contributed by atoms with Crippen molar-refractivity contribution >= 4 is 35.0 Å². The Morgan fingerprint density at radius 2 is 1.87 bits per heavy atom. The summed E-state index contributed by atoms with van der Waals surface area (Å²) in [5, 5.41) is 9.14. The third-order valence-electron chi connectivity index (χ3n) is 2.99. The van der Waals surface area contributed by atoms with Gasteiger partial charge in [-0.1, -0.05) is 23.7 Å². The van der Waals surface area contributed by atoms with Crippen LogP contribution in [-0.2, 0) is 23.2 Å². The highest BCUT2D eigenvalue weighted by Crippen LogP contribution is 2.13. The van der Waals surface area contributed by atoms with Gasteiger partial charge in [-0.3, -0.25) is 19.1 Å². The molecule has 0 fully saturated rings. The maximum absolute atomic E-state index is 11.8. The molecule has 1 aromatic heterocycles. The number of carbonyl (C=O) groups excluding carboxylic acids is 3. The van der Waals surface area contributed by atoms with Crippen molar-refractivity contribution in [2.24, 2.45) is 12.8 Å². The van der Waals surface area contributed by atoms with E-state index in [2.05, 4.69) is 15.7 Å². The molecule has 0 bridgehead atoms. The molecule has 0 radical (unpaired) electrons. The molecule has 120 valence electrons. The van der Waals surface area contributed by atoms with E-state index in [0.717, 1.165) is 5.56 Å². The topological polar surface area (TPSA) is 119 Å². The van der Waals surface area contributed by atoms with Gasteiger partial charge in [-0.2, -0.15) is 5.10 Å². The van der Waals surface area contributed by atoms with E-state index >= 15 is 0 Å². The summed E-state index contributed by atoms with van der Waals surface area (Å²) in [6, 6.07) is 6.81. The fourth-order valence-electron chi connectivity index (χ4n) is 1.87. The zero-order valence-corrected chi connectivity index (χ0v) is 12.9. The first-order valence-electron chi connectivity index (χ1n) is 6.54. The molecular weight excluding hydrogens is 322 g/mol. The van der Waals surface area contributed by atoms with Crippen LogP contribution < -0.4 is 16.4 Å². The van der Waals surface area contributed by atoms with Crippen molar-refractivity contribution in [1.29, 1.82) is 0 Å². The third kappa shape index (κ3) is 4.07. The van der Waals surface area contributed by atoms with Gasteiger partial charge < -0.3 is 16.4 Å². The summed E-state index contributed by atoms with van der Waals surface area (Å²) in [5.74, 6) is -2.53. The molecule has 9 heteroatoms. The molecular formula is C14H14ClN5O3. The van der Waals surface area contributed by atoms with Crippen molar-refractivity contribution in [3.63, 3.8) is 0 Å². The van der Waals surface area contributed by atoms with Gasteiger partial charge in [0.15, 0.2) is 0 Å². The Kier molecular flexibility index (Phi) is 4.97. The Morgan fingerprint density at radius 1 is 1.22 bits per heavy atom. The molecule has 4 N–H and O–H groups in total. The maximum atomic E-state index is 11.8. The van der Waals surface area contributed by atoms with Crippen LogP contribution in [0.4, 0.5) is 5.69 Å². The second kappa shape index (κ2) is 6.93. The molecule has 0 aliphatic rings. The van der Waals surface area contributed by atoms with Gasteiger partial charge in [0, 0.05) is 18.6 Å². The lowest BCUT2D eigenvalue weighted by Crippen LogP contribution is -2.35. The van der Waals surface area contributed by atoms with Gasteiger partial charge in [-0.05, 0) is 17.7 Å². The molecule has 2 rings (SSSR count). The quantitative estimate of drug-likeness (QED) is 0.702. The van der Waals surface area contributed by atoms with E-state index < -0.39 is 17.7 Å². The van der Waals surface area contributed by atoms with Crippen LogP contribution in [0.3, 0.4) is 0 Å². The van der Waals surface area contributed by atoms with E-state index in [0.29, 0.717) is 5.02 Å². The summed E-state index contributed by atoms with van der Waals surface area (Å²) < 4.78 is 1.21. The lowest BCUT2D eigenvalue weighted by molar-refractivity contribution is -0.136. The number of carbonyl (C=O) groups is 3. The second-order valence-corrected chi connectivity index (χ2v) is 5.09. The molecule has 1 heterocycles. The molecule has 0 aliphatic heterocycles. The van der Waals surface area contributed by atoms with Crippen LogP contribution in [0.1, 0.15) is 16.1 Å². The summed E-state index contributed by atoms with van der Waals surface area (Å²) >= 11 is 5.76. The molecule has 0 atom stereocenters. The van der Waals surface area contributed by atoms with Crippen LogP contribution in [0.25, 0.3) is 0 Å². The molecule has 0 aliphatic carbocycles. The van der Waals surface area contributed by atoms with Crippen molar-refractivity contribution in [2.75, 3.05) is 5.32 Å². The maximum Gasteiger partial charge on any atom is 0.313 e. The largest absolute Gasteiger partial charge is 0.364 e. The number of primary amides is 1. The predicted octanol–water partition coefficient (Wildman–Crippen LogP) is 0.427. The number of hydrogen-bond acceptors (Lipinski definition) is 4. The second-order valence-electron chi connectivity index (χ2n) is 4.66. The van der Waals surface area contributed by atoms with Crippen LogP contribution >= 0.6 is 11.6 Å². The number of nitrogens with two attached hydrogens (primary N) is 1. The number of benzene rings is 1. The van der Waals surface area contributed by atoms with Gasteiger partial charge in [-0.15, -0.1) is 0 Å². The van der Waals surface area contributed by atoms with Crippen molar-refractivity contribution in [3.8, 4) is 0 Å². The summed E-state index contributed by atoms with van der Waals surface area (Å²) in [7, 11) is 1.50. The van der Waals surface area contributed by atoms with E-state index in [1.54, 1.807) is 24.3 Å². The molecule has 0 saturated heterocycles. The summed E-state index contributed by atoms with van der Waals surface area (Å²) in [4.78, 5) is 34.9. The number of aryl methyl sites for hydroxylation is 1. The van der Waals surface area contributed by atoms with Crippen LogP contribution in [0.15, 0.2) is 30.5 Å². The molecule has 2 aromatic rings. The fourth-order valence-corrected chi connectivity index (χ4v) is 1.99. The molecule has 0 saturated carbocycles. The van der Waals surface area contributed by atoms with Crippen LogP contribution in [0.2, 0.25) is 5.02 Å². The zero-order chi connectivity index (χ0) is 17.0. The van der Waals surface area contributed by atoms with Crippen molar-refractivity contribution in [3.05, 3.63) is 46.7 Å². The smallest absolute Gasteiger partial charge is 0.313 e. The van der Waals surface area contributed by atoms with Crippen LogP contribution in [0.5, 0.6) is 0 Å². The molecule has 0 spiro atoms. The minimum absolute atomic E-state index is 0.00357. The number of halogens is 1. The first-order chi connectivity index (χ1) is 10.9. The summed E-state index contributed by atoms with van der Waals surface area (Å²) in [6.07, 6.45) is 1.24. The standard InChI is InChI=1S/C14H14ClN5O3/c1-20-11(12(16)21)10(7-18-20)19-14(23)13(22)17-6-8-2-4-9(15)5-3-8/h2-5,7H,6H2,1H3,(H2,16,21)(H,17,22)(H,19,23). The lowest BCUT2D eigenvalue weighted by Gasteiger charge is -2.07. The number of rotatable bonds is 4. The fraction of sp³-hybridized carbons (Fsp3) is 0.143. The minimum atomic E-state index is -0.922. The Bertz CT molecular complexity index is 754. The highest BCUT2D eigenvalue weighted by Gasteiger charge is 2.19. The number of anilines is 1. The highest BCUT2D eigenvalue weighted by atomic mass is 35.5.